The summed E-state index contributed by atoms with van der Waals surface area (Å²) in [5.41, 5.74) is 0. The number of rotatable bonds is 64. The molecule has 0 aliphatic heterocycles. The summed E-state index contributed by atoms with van der Waals surface area (Å²) >= 11 is 0. The molecule has 5 nitrogen and oxygen atoms in total. The van der Waals surface area contributed by atoms with Gasteiger partial charge >= 0.3 is 11.9 Å². The predicted octanol–water partition coefficient (Wildman–Crippen LogP) is 24.9. The number of hydrogen-bond donors (Lipinski definition) is 1. The molecule has 0 saturated carbocycles. The zero-order chi connectivity index (χ0) is 60.5. The van der Waals surface area contributed by atoms with Crippen molar-refractivity contribution in [2.45, 2.75) is 328 Å². The van der Waals surface area contributed by atoms with Gasteiger partial charge in [-0.1, -0.05) is 333 Å². The van der Waals surface area contributed by atoms with Crippen LogP contribution in [0.4, 0.5) is 0 Å². The second-order valence-corrected chi connectivity index (χ2v) is 23.2. The second kappa shape index (κ2) is 73.0. The third-order valence-corrected chi connectivity index (χ3v) is 15.1. The molecule has 0 amide bonds. The third-order valence-electron chi connectivity index (χ3n) is 15.1. The zero-order valence-corrected chi connectivity index (χ0v) is 54.9. The highest BCUT2D eigenvalue weighted by Crippen LogP contribution is 2.17. The molecule has 1 unspecified atom stereocenters. The van der Waals surface area contributed by atoms with E-state index in [1.54, 1.807) is 0 Å². The van der Waals surface area contributed by atoms with Crippen LogP contribution in [0.3, 0.4) is 0 Å². The smallest absolute Gasteiger partial charge is 0.306 e. The lowest BCUT2D eigenvalue weighted by Gasteiger charge is -2.15. The van der Waals surface area contributed by atoms with Crippen LogP contribution in [0.2, 0.25) is 0 Å². The first-order chi connectivity index (χ1) is 41.6. The highest BCUT2D eigenvalue weighted by atomic mass is 16.6. The van der Waals surface area contributed by atoms with Crippen molar-refractivity contribution in [2.75, 3.05) is 13.2 Å². The van der Waals surface area contributed by atoms with E-state index in [1.165, 1.54) is 167 Å². The molecule has 5 heteroatoms. The second-order valence-electron chi connectivity index (χ2n) is 23.2. The van der Waals surface area contributed by atoms with Crippen molar-refractivity contribution in [2.24, 2.45) is 0 Å². The number of aliphatic hydroxyl groups excluding tert-OH is 1. The van der Waals surface area contributed by atoms with Gasteiger partial charge in [0.25, 0.3) is 0 Å². The third kappa shape index (κ3) is 70.3. The number of hydrogen-bond acceptors (Lipinski definition) is 5. The number of aliphatic hydroxyl groups is 1. The Labute approximate surface area is 520 Å². The molecule has 0 spiro atoms. The Morgan fingerprint density at radius 2 is 0.512 bits per heavy atom. The van der Waals surface area contributed by atoms with Crippen molar-refractivity contribution in [3.63, 3.8) is 0 Å². The van der Waals surface area contributed by atoms with E-state index in [2.05, 4.69) is 160 Å². The Balaban J connectivity index is 3.57. The topological polar surface area (TPSA) is 72.8 Å². The van der Waals surface area contributed by atoms with E-state index >= 15 is 0 Å². The summed E-state index contributed by atoms with van der Waals surface area (Å²) in [4.78, 5) is 24.7. The fourth-order valence-electron chi connectivity index (χ4n) is 9.85. The van der Waals surface area contributed by atoms with Gasteiger partial charge in [-0.3, -0.25) is 9.59 Å². The lowest BCUT2D eigenvalue weighted by molar-refractivity contribution is -0.161. The fourth-order valence-corrected chi connectivity index (χ4v) is 9.85. The van der Waals surface area contributed by atoms with Gasteiger partial charge in [0.2, 0.25) is 0 Å². The fraction of sp³-hybridized carbons (Fsp3) is 0.671. The summed E-state index contributed by atoms with van der Waals surface area (Å²) in [7, 11) is 0. The van der Waals surface area contributed by atoms with Gasteiger partial charge in [0.05, 0.1) is 6.61 Å². The molecule has 0 aliphatic rings. The molecule has 0 aromatic carbocycles. The number of esters is 2. The van der Waals surface area contributed by atoms with E-state index < -0.39 is 6.10 Å². The molecule has 0 aliphatic carbocycles. The van der Waals surface area contributed by atoms with Crippen molar-refractivity contribution >= 4 is 11.9 Å². The van der Waals surface area contributed by atoms with Gasteiger partial charge in [0, 0.05) is 12.8 Å². The van der Waals surface area contributed by atoms with E-state index in [4.69, 9.17) is 9.47 Å². The molecule has 0 aromatic rings. The molecule has 1 N–H and O–H groups in total. The number of allylic oxidation sites excluding steroid dienone is 24. The lowest BCUT2D eigenvalue weighted by Crippen LogP contribution is -2.28. The molecule has 0 aromatic heterocycles. The maximum atomic E-state index is 12.4. The average Bonchev–Trinajstić information content (AvgIpc) is 3.51. The van der Waals surface area contributed by atoms with Crippen molar-refractivity contribution in [1.29, 1.82) is 0 Å². The molecule has 0 fully saturated rings. The van der Waals surface area contributed by atoms with E-state index in [1.807, 2.05) is 0 Å². The van der Waals surface area contributed by atoms with Crippen LogP contribution in [0.15, 0.2) is 146 Å². The first-order valence-electron chi connectivity index (χ1n) is 35.4. The van der Waals surface area contributed by atoms with Gasteiger partial charge in [-0.05, 0) is 122 Å². The van der Waals surface area contributed by atoms with Crippen molar-refractivity contribution in [1.82, 2.24) is 0 Å². The summed E-state index contributed by atoms with van der Waals surface area (Å²) in [6, 6.07) is 0. The standard InChI is InChI=1S/C79H132O5/c1-3-5-7-9-11-13-15-17-19-21-23-25-27-29-31-33-35-36-37-38-39-40-41-42-44-46-48-50-52-54-56-58-60-62-64-66-68-70-72-74-79(82)84-77(75-80)76-83-78(81)73-71-69-67-65-63-61-59-57-55-53-51-49-47-45-43-34-32-30-28-26-24-22-20-18-16-14-12-10-8-6-4-2/h5,7,11,13,17,19,22-25,29,31,35-36,38-39,41-42,46,48,52,54,58,60,77,80H,3-4,6,8-10,12,14-16,18,20-21,26-28,30,32-34,37,40,43-45,47,49-51,53,55-57,59,61-76H2,1-2H3/b7-5-,13-11-,19-17-,24-22-,25-23-,31-29-,36-35-,39-38-,42-41-,48-46-,54-52-,60-58-. The SMILES string of the molecule is CC/C=C\C/C=C\C/C=C\C/C=C\C/C=C\C/C=C\C/C=C\C/C=C\C/C=C\C/C=C\C/C=C\CCCCCCCC(=O)OC(CO)COC(=O)CCCCCCCCCCCCCCCCCCCCC/C=C\CCCCCCCCCC. The average molecular weight is 1160 g/mol. The van der Waals surface area contributed by atoms with E-state index in [9.17, 15) is 14.7 Å². The molecule has 0 radical (unpaired) electrons. The van der Waals surface area contributed by atoms with Gasteiger partial charge in [-0.15, -0.1) is 0 Å². The summed E-state index contributed by atoms with van der Waals surface area (Å²) in [5.74, 6) is -0.610. The van der Waals surface area contributed by atoms with Crippen LogP contribution in [0, 0.1) is 0 Å². The number of ether oxygens (including phenoxy) is 2. The quantitative estimate of drug-likeness (QED) is 0.0373. The lowest BCUT2D eigenvalue weighted by atomic mass is 10.0. The largest absolute Gasteiger partial charge is 0.462 e. The number of unbranched alkanes of at least 4 members (excludes halogenated alkanes) is 32. The summed E-state index contributed by atoms with van der Waals surface area (Å²) < 4.78 is 10.7. The van der Waals surface area contributed by atoms with Crippen LogP contribution < -0.4 is 0 Å². The minimum Gasteiger partial charge on any atom is -0.462 e. The Morgan fingerprint density at radius 3 is 0.786 bits per heavy atom. The molecular weight excluding hydrogens is 1030 g/mol. The summed E-state index contributed by atoms with van der Waals surface area (Å²) in [6.45, 7) is 4.03. The van der Waals surface area contributed by atoms with Crippen LogP contribution in [0.5, 0.6) is 0 Å². The normalized spacial score (nSPS) is 13.1. The molecule has 84 heavy (non-hydrogen) atoms. The van der Waals surface area contributed by atoms with Gasteiger partial charge in [0.1, 0.15) is 6.61 Å². The maximum Gasteiger partial charge on any atom is 0.306 e. The zero-order valence-electron chi connectivity index (χ0n) is 54.9. The predicted molar refractivity (Wildman–Crippen MR) is 371 cm³/mol. The monoisotopic (exact) mass is 1160 g/mol. The number of carbonyl (C=O) groups is 2. The van der Waals surface area contributed by atoms with E-state index in [0.717, 1.165) is 128 Å². The molecular formula is C79H132O5. The van der Waals surface area contributed by atoms with Crippen LogP contribution >= 0.6 is 0 Å². The van der Waals surface area contributed by atoms with Gasteiger partial charge < -0.3 is 14.6 Å². The van der Waals surface area contributed by atoms with Gasteiger partial charge in [0.15, 0.2) is 6.10 Å². The van der Waals surface area contributed by atoms with Gasteiger partial charge in [-0.25, -0.2) is 0 Å². The van der Waals surface area contributed by atoms with Crippen molar-refractivity contribution in [3.05, 3.63) is 146 Å². The molecule has 0 rings (SSSR count). The molecule has 0 heterocycles. The summed E-state index contributed by atoms with van der Waals surface area (Å²) in [5, 5.41) is 9.70. The Bertz CT molecular complexity index is 1750. The highest BCUT2D eigenvalue weighted by molar-refractivity contribution is 5.70. The molecule has 1 atom stereocenters. The van der Waals surface area contributed by atoms with Crippen molar-refractivity contribution < 1.29 is 24.2 Å². The Kier molecular flexibility index (Phi) is 69.4. The molecule has 0 saturated heterocycles. The van der Waals surface area contributed by atoms with Gasteiger partial charge in [-0.2, -0.15) is 0 Å². The molecule has 478 valence electrons. The van der Waals surface area contributed by atoms with Crippen LogP contribution in [-0.4, -0.2) is 36.4 Å². The van der Waals surface area contributed by atoms with E-state index in [-0.39, 0.29) is 25.2 Å². The minimum absolute atomic E-state index is 0.0793. The Morgan fingerprint density at radius 1 is 0.286 bits per heavy atom. The number of carbonyl (C=O) groups excluding carboxylic acids is 2. The van der Waals surface area contributed by atoms with Crippen LogP contribution in [-0.2, 0) is 19.1 Å². The van der Waals surface area contributed by atoms with Crippen molar-refractivity contribution in [3.8, 4) is 0 Å². The molecule has 0 bridgehead atoms. The first kappa shape index (κ1) is 79.8. The van der Waals surface area contributed by atoms with Crippen LogP contribution in [0.1, 0.15) is 322 Å². The Hall–Kier alpha value is -4.22. The highest BCUT2D eigenvalue weighted by Gasteiger charge is 2.16. The van der Waals surface area contributed by atoms with E-state index in [0.29, 0.717) is 12.8 Å². The first-order valence-corrected chi connectivity index (χ1v) is 35.4. The van der Waals surface area contributed by atoms with Crippen LogP contribution in [0.25, 0.3) is 0 Å². The maximum absolute atomic E-state index is 12.4. The minimum atomic E-state index is -0.793. The summed E-state index contributed by atoms with van der Waals surface area (Å²) in [6.07, 6.45) is 110.